The summed E-state index contributed by atoms with van der Waals surface area (Å²) in [7, 11) is 0. The van der Waals surface area contributed by atoms with Crippen LogP contribution < -0.4 is 17.0 Å². The molecule has 0 radical (unpaired) electrons. The molecular formula is C11H17N3OS. The van der Waals surface area contributed by atoms with Crippen LogP contribution in [0.3, 0.4) is 0 Å². The van der Waals surface area contributed by atoms with Crippen LogP contribution in [-0.4, -0.2) is 11.2 Å². The molecule has 1 atom stereocenters. The van der Waals surface area contributed by atoms with Gasteiger partial charge in [-0.2, -0.15) is 0 Å². The van der Waals surface area contributed by atoms with Crippen LogP contribution in [0, 0.1) is 5.92 Å². The van der Waals surface area contributed by atoms with E-state index >= 15 is 0 Å². The van der Waals surface area contributed by atoms with Gasteiger partial charge in [-0.15, -0.1) is 11.8 Å². The molecule has 88 valence electrons. The zero-order chi connectivity index (χ0) is 12.1. The van der Waals surface area contributed by atoms with Gasteiger partial charge in [-0.25, -0.2) is 5.84 Å². The van der Waals surface area contributed by atoms with Gasteiger partial charge < -0.3 is 5.73 Å². The molecule has 5 heteroatoms. The quantitative estimate of drug-likeness (QED) is 0.244. The van der Waals surface area contributed by atoms with Crippen molar-refractivity contribution in [2.75, 3.05) is 5.73 Å². The second kappa shape index (κ2) is 5.77. The van der Waals surface area contributed by atoms with Crippen LogP contribution in [0.2, 0.25) is 0 Å². The second-order valence-electron chi connectivity index (χ2n) is 3.86. The van der Waals surface area contributed by atoms with Crippen molar-refractivity contribution >= 4 is 23.4 Å². The summed E-state index contributed by atoms with van der Waals surface area (Å²) < 4.78 is 0. The van der Waals surface area contributed by atoms with Gasteiger partial charge in [0.2, 0.25) is 5.91 Å². The van der Waals surface area contributed by atoms with Crippen molar-refractivity contribution in [3.05, 3.63) is 24.3 Å². The minimum atomic E-state index is -0.202. The number of amides is 1. The molecule has 1 aromatic carbocycles. The average Bonchev–Trinajstić information content (AvgIpc) is 2.24. The van der Waals surface area contributed by atoms with Crippen molar-refractivity contribution in [2.45, 2.75) is 24.0 Å². The molecule has 4 nitrogen and oxygen atoms in total. The zero-order valence-electron chi connectivity index (χ0n) is 9.44. The van der Waals surface area contributed by atoms with Gasteiger partial charge in [0, 0.05) is 10.6 Å². The molecule has 0 saturated heterocycles. The molecule has 0 aliphatic heterocycles. The van der Waals surface area contributed by atoms with Crippen LogP contribution in [0.25, 0.3) is 0 Å². The number of thioether (sulfide) groups is 1. The first-order valence-corrected chi connectivity index (χ1v) is 5.95. The molecule has 0 saturated carbocycles. The molecule has 0 aliphatic rings. The van der Waals surface area contributed by atoms with Crippen LogP contribution >= 0.6 is 11.8 Å². The van der Waals surface area contributed by atoms with Gasteiger partial charge in [0.25, 0.3) is 0 Å². The molecule has 0 heterocycles. The predicted octanol–water partition coefficient (Wildman–Crippen LogP) is 1.38. The highest BCUT2D eigenvalue weighted by Crippen LogP contribution is 2.29. The SMILES string of the molecule is CC(C)C(Sc1cccc(N)c1)C(=O)NN. The Labute approximate surface area is 99.7 Å². The Hall–Kier alpha value is -1.20. The van der Waals surface area contributed by atoms with Crippen LogP contribution in [0.15, 0.2) is 29.2 Å². The van der Waals surface area contributed by atoms with Crippen LogP contribution in [-0.2, 0) is 4.79 Å². The maximum Gasteiger partial charge on any atom is 0.247 e. The lowest BCUT2D eigenvalue weighted by Crippen LogP contribution is -2.39. The standard InChI is InChI=1S/C11H17N3OS/c1-7(2)10(11(15)14-13)16-9-5-3-4-8(12)6-9/h3-7,10H,12-13H2,1-2H3,(H,14,15). The summed E-state index contributed by atoms with van der Waals surface area (Å²) in [4.78, 5) is 12.5. The number of hydrogen-bond donors (Lipinski definition) is 3. The lowest BCUT2D eigenvalue weighted by atomic mass is 10.1. The van der Waals surface area contributed by atoms with Gasteiger partial charge in [0.05, 0.1) is 5.25 Å². The van der Waals surface area contributed by atoms with E-state index in [0.29, 0.717) is 5.69 Å². The summed E-state index contributed by atoms with van der Waals surface area (Å²) in [6.07, 6.45) is 0. The third-order valence-electron chi connectivity index (χ3n) is 2.13. The summed E-state index contributed by atoms with van der Waals surface area (Å²) in [6.45, 7) is 3.97. The fourth-order valence-electron chi connectivity index (χ4n) is 1.31. The minimum Gasteiger partial charge on any atom is -0.399 e. The van der Waals surface area contributed by atoms with Crippen molar-refractivity contribution < 1.29 is 4.79 Å². The van der Waals surface area contributed by atoms with Crippen molar-refractivity contribution in [3.8, 4) is 0 Å². The lowest BCUT2D eigenvalue weighted by molar-refractivity contribution is -0.121. The topological polar surface area (TPSA) is 81.1 Å². The number of hydrogen-bond acceptors (Lipinski definition) is 4. The Balaban J connectivity index is 2.79. The molecule has 0 aromatic heterocycles. The van der Waals surface area contributed by atoms with E-state index in [9.17, 15) is 4.79 Å². The van der Waals surface area contributed by atoms with E-state index in [4.69, 9.17) is 11.6 Å². The second-order valence-corrected chi connectivity index (χ2v) is 5.08. The van der Waals surface area contributed by atoms with E-state index in [1.165, 1.54) is 11.8 Å². The van der Waals surface area contributed by atoms with E-state index in [0.717, 1.165) is 4.90 Å². The van der Waals surface area contributed by atoms with E-state index in [-0.39, 0.29) is 17.1 Å². The fourth-order valence-corrected chi connectivity index (χ4v) is 2.41. The van der Waals surface area contributed by atoms with Crippen LogP contribution in [0.1, 0.15) is 13.8 Å². The summed E-state index contributed by atoms with van der Waals surface area (Å²) >= 11 is 1.47. The van der Waals surface area contributed by atoms with Crippen LogP contribution in [0.5, 0.6) is 0 Å². The number of nitrogen functional groups attached to an aromatic ring is 1. The minimum absolute atomic E-state index is 0.164. The number of nitrogens with two attached hydrogens (primary N) is 2. The first-order valence-electron chi connectivity index (χ1n) is 5.07. The van der Waals surface area contributed by atoms with Crippen molar-refractivity contribution in [1.29, 1.82) is 0 Å². The fraction of sp³-hybridized carbons (Fsp3) is 0.364. The number of nitrogens with one attached hydrogen (secondary N) is 1. The highest BCUT2D eigenvalue weighted by Gasteiger charge is 2.22. The molecule has 16 heavy (non-hydrogen) atoms. The van der Waals surface area contributed by atoms with Crippen molar-refractivity contribution in [3.63, 3.8) is 0 Å². The molecular weight excluding hydrogens is 222 g/mol. The largest absolute Gasteiger partial charge is 0.399 e. The number of rotatable bonds is 4. The third kappa shape index (κ3) is 3.43. The molecule has 0 spiro atoms. The van der Waals surface area contributed by atoms with Gasteiger partial charge in [-0.1, -0.05) is 19.9 Å². The predicted molar refractivity (Wildman–Crippen MR) is 67.7 cm³/mol. The number of hydrazine groups is 1. The van der Waals surface area contributed by atoms with Gasteiger partial charge in [0.15, 0.2) is 0 Å². The van der Waals surface area contributed by atoms with E-state index in [1.54, 1.807) is 0 Å². The Morgan fingerprint density at radius 1 is 1.44 bits per heavy atom. The number of benzene rings is 1. The molecule has 0 fully saturated rings. The van der Waals surface area contributed by atoms with Crippen LogP contribution in [0.4, 0.5) is 5.69 Å². The number of carbonyl (C=O) groups excluding carboxylic acids is 1. The Kier molecular flexibility index (Phi) is 4.64. The van der Waals surface area contributed by atoms with Crippen molar-refractivity contribution in [2.24, 2.45) is 11.8 Å². The molecule has 0 bridgehead atoms. The third-order valence-corrected chi connectivity index (χ3v) is 3.67. The van der Waals surface area contributed by atoms with E-state index < -0.39 is 0 Å². The van der Waals surface area contributed by atoms with Gasteiger partial charge in [0.1, 0.15) is 0 Å². The Morgan fingerprint density at radius 3 is 2.62 bits per heavy atom. The number of carbonyl (C=O) groups is 1. The summed E-state index contributed by atoms with van der Waals surface area (Å²) in [5.74, 6) is 5.20. The maximum absolute atomic E-state index is 11.6. The van der Waals surface area contributed by atoms with Gasteiger partial charge in [-0.05, 0) is 24.1 Å². The average molecular weight is 239 g/mol. The number of anilines is 1. The molecule has 1 unspecified atom stereocenters. The zero-order valence-corrected chi connectivity index (χ0v) is 10.3. The summed E-state index contributed by atoms with van der Waals surface area (Å²) in [5.41, 5.74) is 8.57. The maximum atomic E-state index is 11.6. The highest BCUT2D eigenvalue weighted by atomic mass is 32.2. The molecule has 1 rings (SSSR count). The smallest absolute Gasteiger partial charge is 0.247 e. The highest BCUT2D eigenvalue weighted by molar-refractivity contribution is 8.00. The summed E-state index contributed by atoms with van der Waals surface area (Å²) in [5, 5.41) is -0.202. The molecule has 1 aromatic rings. The normalized spacial score (nSPS) is 12.5. The first kappa shape index (κ1) is 12.9. The Bertz CT molecular complexity index is 368. The lowest BCUT2D eigenvalue weighted by Gasteiger charge is -2.18. The molecule has 1 amide bonds. The van der Waals surface area contributed by atoms with E-state index in [1.807, 2.05) is 38.1 Å². The van der Waals surface area contributed by atoms with E-state index in [2.05, 4.69) is 5.43 Å². The molecule has 5 N–H and O–H groups in total. The van der Waals surface area contributed by atoms with Crippen molar-refractivity contribution in [1.82, 2.24) is 5.43 Å². The molecule has 0 aliphatic carbocycles. The first-order chi connectivity index (χ1) is 7.54. The van der Waals surface area contributed by atoms with Gasteiger partial charge >= 0.3 is 0 Å². The summed E-state index contributed by atoms with van der Waals surface area (Å²) in [6, 6.07) is 7.47. The Morgan fingerprint density at radius 2 is 2.12 bits per heavy atom. The monoisotopic (exact) mass is 239 g/mol. The van der Waals surface area contributed by atoms with Gasteiger partial charge in [-0.3, -0.25) is 10.2 Å².